The van der Waals surface area contributed by atoms with Crippen molar-refractivity contribution in [1.82, 2.24) is 24.5 Å². The van der Waals surface area contributed by atoms with Crippen molar-refractivity contribution in [1.29, 1.82) is 0 Å². The van der Waals surface area contributed by atoms with E-state index in [1.54, 1.807) is 0 Å². The molecule has 0 amide bonds. The molecule has 5 heteroatoms. The fourth-order valence-corrected chi connectivity index (χ4v) is 8.87. The lowest BCUT2D eigenvalue weighted by atomic mass is 9.67. The maximum Gasteiger partial charge on any atom is 0.164 e. The lowest BCUT2D eigenvalue weighted by Gasteiger charge is -2.33. The number of para-hydroxylation sites is 1. The lowest BCUT2D eigenvalue weighted by molar-refractivity contribution is 0.768. The summed E-state index contributed by atoms with van der Waals surface area (Å²) in [6, 6.07) is 66.4. The molecule has 10 aromatic rings. The Balaban J connectivity index is 1.12. The number of fused-ring (bicyclic) bond motifs is 6. The van der Waals surface area contributed by atoms with E-state index < -0.39 is 5.41 Å². The Morgan fingerprint density at radius 3 is 1.68 bits per heavy atom. The van der Waals surface area contributed by atoms with Crippen LogP contribution in [-0.2, 0) is 5.41 Å². The van der Waals surface area contributed by atoms with Crippen LogP contribution in [-0.4, -0.2) is 24.5 Å². The summed E-state index contributed by atoms with van der Waals surface area (Å²) < 4.78 is 2.29. The Morgan fingerprint density at radius 1 is 0.393 bits per heavy atom. The molecule has 0 radical (unpaired) electrons. The van der Waals surface area contributed by atoms with E-state index in [9.17, 15) is 0 Å². The molecule has 0 spiro atoms. The summed E-state index contributed by atoms with van der Waals surface area (Å²) in [5, 5.41) is 2.30. The Bertz CT molecular complexity index is 2970. The van der Waals surface area contributed by atoms with Gasteiger partial charge in [-0.15, -0.1) is 0 Å². The molecule has 0 N–H and O–H groups in total. The van der Waals surface area contributed by atoms with Crippen LogP contribution >= 0.6 is 0 Å². The predicted octanol–water partition coefficient (Wildman–Crippen LogP) is 11.7. The smallest absolute Gasteiger partial charge is 0.164 e. The molecular formula is C51H33N5. The number of benzene rings is 7. The molecule has 0 atom stereocenters. The molecule has 56 heavy (non-hydrogen) atoms. The summed E-state index contributed by atoms with van der Waals surface area (Å²) in [4.78, 5) is 20.1. The van der Waals surface area contributed by atoms with Crippen LogP contribution < -0.4 is 0 Å². The van der Waals surface area contributed by atoms with Gasteiger partial charge in [0.2, 0.25) is 0 Å². The molecule has 0 unspecified atom stereocenters. The van der Waals surface area contributed by atoms with E-state index in [2.05, 4.69) is 179 Å². The Labute approximate surface area is 324 Å². The number of hydrogen-bond acceptors (Lipinski definition) is 4. The van der Waals surface area contributed by atoms with Crippen molar-refractivity contribution < 1.29 is 0 Å². The Kier molecular flexibility index (Phi) is 7.32. The van der Waals surface area contributed by atoms with Crippen molar-refractivity contribution in [2.24, 2.45) is 0 Å². The van der Waals surface area contributed by atoms with E-state index in [1.165, 1.54) is 33.2 Å². The van der Waals surface area contributed by atoms with E-state index in [1.807, 2.05) is 30.6 Å². The van der Waals surface area contributed by atoms with E-state index in [-0.39, 0.29) is 0 Å². The van der Waals surface area contributed by atoms with E-state index in [4.69, 9.17) is 15.0 Å². The summed E-state index contributed by atoms with van der Waals surface area (Å²) in [7, 11) is 0. The van der Waals surface area contributed by atoms with Gasteiger partial charge in [0.05, 0.1) is 16.4 Å². The zero-order valence-electron chi connectivity index (χ0n) is 30.3. The molecule has 7 aromatic carbocycles. The van der Waals surface area contributed by atoms with Crippen molar-refractivity contribution >= 4 is 21.8 Å². The van der Waals surface area contributed by atoms with Gasteiger partial charge in [-0.3, -0.25) is 4.98 Å². The second kappa shape index (κ2) is 12.8. The molecule has 1 aliphatic rings. The summed E-state index contributed by atoms with van der Waals surface area (Å²) >= 11 is 0. The molecule has 0 saturated carbocycles. The monoisotopic (exact) mass is 715 g/mol. The van der Waals surface area contributed by atoms with Gasteiger partial charge >= 0.3 is 0 Å². The Hall–Kier alpha value is -7.50. The normalized spacial score (nSPS) is 12.8. The molecule has 0 saturated heterocycles. The van der Waals surface area contributed by atoms with Crippen molar-refractivity contribution in [3.05, 3.63) is 223 Å². The van der Waals surface area contributed by atoms with Gasteiger partial charge in [-0.25, -0.2) is 15.0 Å². The highest BCUT2D eigenvalue weighted by Crippen LogP contribution is 2.58. The minimum absolute atomic E-state index is 0.527. The summed E-state index contributed by atoms with van der Waals surface area (Å²) in [6.07, 6.45) is 3.80. The van der Waals surface area contributed by atoms with Crippen LogP contribution in [0.4, 0.5) is 0 Å². The summed E-state index contributed by atoms with van der Waals surface area (Å²) in [6.45, 7) is 0. The lowest BCUT2D eigenvalue weighted by Crippen LogP contribution is -2.28. The topological polar surface area (TPSA) is 56.5 Å². The highest BCUT2D eigenvalue weighted by atomic mass is 15.0. The maximum atomic E-state index is 5.30. The zero-order valence-corrected chi connectivity index (χ0v) is 30.3. The van der Waals surface area contributed by atoms with Gasteiger partial charge in [-0.05, 0) is 69.8 Å². The fraction of sp³-hybridized carbons (Fsp3) is 0.0196. The largest absolute Gasteiger partial charge is 0.309 e. The molecule has 0 fully saturated rings. The second-order valence-electron chi connectivity index (χ2n) is 14.2. The molecule has 5 nitrogen and oxygen atoms in total. The van der Waals surface area contributed by atoms with Crippen molar-refractivity contribution in [2.75, 3.05) is 0 Å². The minimum atomic E-state index is -0.527. The molecule has 3 heterocycles. The van der Waals surface area contributed by atoms with Crippen LogP contribution in [0.1, 0.15) is 22.3 Å². The van der Waals surface area contributed by atoms with Crippen LogP contribution in [0.15, 0.2) is 200 Å². The van der Waals surface area contributed by atoms with Gasteiger partial charge < -0.3 is 4.57 Å². The highest BCUT2D eigenvalue weighted by Gasteiger charge is 2.47. The average Bonchev–Trinajstić information content (AvgIpc) is 3.78. The van der Waals surface area contributed by atoms with Crippen molar-refractivity contribution in [3.8, 4) is 51.0 Å². The number of rotatable bonds is 6. The van der Waals surface area contributed by atoms with Crippen LogP contribution in [0.3, 0.4) is 0 Å². The van der Waals surface area contributed by atoms with Gasteiger partial charge in [0.25, 0.3) is 0 Å². The molecule has 0 aliphatic heterocycles. The SMILES string of the molecule is c1ccc(-c2nc(-c3ccc(-n4c5ccccc5c5cnccc54)cc3)nc(-c3cccc4c3-c3ccccc3C4(c3ccccc3)c3ccccc3)n2)cc1. The third-order valence-electron chi connectivity index (χ3n) is 11.2. The quantitative estimate of drug-likeness (QED) is 0.172. The zero-order chi connectivity index (χ0) is 37.1. The molecule has 1 aliphatic carbocycles. The van der Waals surface area contributed by atoms with Crippen LogP contribution in [0, 0.1) is 0 Å². The van der Waals surface area contributed by atoms with Crippen LogP contribution in [0.5, 0.6) is 0 Å². The molecule has 11 rings (SSSR count). The molecular weight excluding hydrogens is 683 g/mol. The van der Waals surface area contributed by atoms with Gasteiger partial charge in [0, 0.05) is 45.5 Å². The van der Waals surface area contributed by atoms with E-state index >= 15 is 0 Å². The predicted molar refractivity (Wildman–Crippen MR) is 226 cm³/mol. The average molecular weight is 716 g/mol. The molecule has 262 valence electrons. The van der Waals surface area contributed by atoms with Crippen LogP contribution in [0.25, 0.3) is 72.8 Å². The van der Waals surface area contributed by atoms with E-state index in [0.717, 1.165) is 44.4 Å². The molecule has 3 aromatic heterocycles. The third-order valence-corrected chi connectivity index (χ3v) is 11.2. The second-order valence-corrected chi connectivity index (χ2v) is 14.2. The first-order valence-corrected chi connectivity index (χ1v) is 18.9. The van der Waals surface area contributed by atoms with Gasteiger partial charge in [-0.1, -0.05) is 152 Å². The summed E-state index contributed by atoms with van der Waals surface area (Å²) in [5.74, 6) is 1.88. The first kappa shape index (κ1) is 32.0. The minimum Gasteiger partial charge on any atom is -0.309 e. The maximum absolute atomic E-state index is 5.30. The van der Waals surface area contributed by atoms with Crippen molar-refractivity contribution in [2.45, 2.75) is 5.41 Å². The van der Waals surface area contributed by atoms with Crippen LogP contribution in [0.2, 0.25) is 0 Å². The number of nitrogens with zero attached hydrogens (tertiary/aromatic N) is 5. The van der Waals surface area contributed by atoms with Crippen molar-refractivity contribution in [3.63, 3.8) is 0 Å². The van der Waals surface area contributed by atoms with Gasteiger partial charge in [-0.2, -0.15) is 0 Å². The third kappa shape index (κ3) is 4.81. The number of hydrogen-bond donors (Lipinski definition) is 0. The number of aromatic nitrogens is 5. The van der Waals surface area contributed by atoms with Gasteiger partial charge in [0.15, 0.2) is 17.5 Å². The van der Waals surface area contributed by atoms with Gasteiger partial charge in [0.1, 0.15) is 0 Å². The number of pyridine rings is 1. The molecule has 0 bridgehead atoms. The first-order chi connectivity index (χ1) is 27.8. The first-order valence-electron chi connectivity index (χ1n) is 18.9. The Morgan fingerprint density at radius 2 is 0.946 bits per heavy atom. The highest BCUT2D eigenvalue weighted by molar-refractivity contribution is 6.08. The fourth-order valence-electron chi connectivity index (χ4n) is 8.87. The van der Waals surface area contributed by atoms with E-state index in [0.29, 0.717) is 17.5 Å². The standard InChI is InChI=1S/C51H33N5/c1-4-15-34(16-5-1)48-53-49(35-27-29-38(30-28-35)56-45-26-13-11-21-39(45)42-33-52-32-31-46(42)56)55-50(54-48)41-23-14-25-44-47(41)40-22-10-12-24-43(40)51(44,36-17-6-2-7-18-36)37-19-8-3-9-20-37/h1-33H. The summed E-state index contributed by atoms with van der Waals surface area (Å²) in [5.41, 5.74) is 12.8.